The number of aliphatic hydroxyl groups excluding tert-OH is 6. The lowest BCUT2D eigenvalue weighted by molar-refractivity contribution is -0.333. The molecule has 22 atom stereocenters. The molecule has 5 aromatic rings. The van der Waals surface area contributed by atoms with E-state index in [0.29, 0.717) is 0 Å². The summed E-state index contributed by atoms with van der Waals surface area (Å²) in [6.07, 6.45) is -20.9. The Labute approximate surface area is 651 Å². The number of carbonyl (C=O) groups is 8. The lowest BCUT2D eigenvalue weighted by atomic mass is 9.86. The van der Waals surface area contributed by atoms with Crippen molar-refractivity contribution in [3.8, 4) is 57.1 Å². The quantitative estimate of drug-likeness (QED) is 0.0566. The van der Waals surface area contributed by atoms with E-state index in [9.17, 15) is 65.4 Å². The number of carboxylic acids is 1. The number of nitrogens with two attached hydrogens (primary N) is 3. The average molecular weight is 1600 g/mol. The van der Waals surface area contributed by atoms with Crippen LogP contribution in [0.3, 0.4) is 0 Å². The molecule has 13 rings (SSSR count). The fourth-order valence-electron chi connectivity index (χ4n) is 14.6. The van der Waals surface area contributed by atoms with E-state index in [2.05, 4.69) is 38.5 Å². The van der Waals surface area contributed by atoms with Crippen molar-refractivity contribution in [1.82, 2.24) is 36.8 Å². The highest BCUT2D eigenvalue weighted by atomic mass is 35.5. The monoisotopic (exact) mass is 1600 g/mol. The van der Waals surface area contributed by atoms with Gasteiger partial charge in [0.15, 0.2) is 36.2 Å². The number of nitrogens with one attached hydrogen (secondary N) is 6. The number of likely N-dealkylation sites (N-methyl/N-ethyl adjacent to an activating group) is 1. The zero-order valence-corrected chi connectivity index (χ0v) is 63.1. The summed E-state index contributed by atoms with van der Waals surface area (Å²) in [4.78, 5) is 122. The first-order valence-electron chi connectivity index (χ1n) is 36.3. The number of ether oxygens (including phenoxy) is 8. The summed E-state index contributed by atoms with van der Waals surface area (Å²) in [7, 11) is 1.62. The van der Waals surface area contributed by atoms with Crippen molar-refractivity contribution in [2.75, 3.05) is 20.2 Å². The maximum atomic E-state index is 16.4. The molecule has 3 fully saturated rings. The van der Waals surface area contributed by atoms with Gasteiger partial charge >= 0.3 is 5.97 Å². The standard InChI is InChI=1S/C76H93ClN10O26/c1-9-18-87(8)43(19-30(2)3)68(99)85-57-59(93)35-13-17-46(41(77)21-35)109-48-23-36-22-47(63(48)113-74-64(61(95)60(94)49(29-88)110-74)112-52-28-76(7,80)66(97)32(5)107-52)108-38-14-10-33(11-15-38)62(111-51-27-75(6,79)65(96)31(4)106-51)58-72(103)84-56(73(104)105)40-24-37(89)25-45(91)53(40)39-20-34(12-16-44(39)90)54(69(100)86-58)83-70(101)55(36)82-67(98)42(26-50(78)92)81-71(57)102/h9-17,20-25,30-32,42-43,49,51-52,54-62,64-66,74,88-91,93-97H,1,18-19,26-29,79-80H2,2-8H3,(H2,78,92)(H,81,102)(H,82,98)(H,83,101)(H,84,103)(H,85,99)(H,86,100)(H,104,105)/t31-,32-,42?,43?,49+,51-,52-,54?,55?,56?,57?,58?,59?,60+,61-,62?,64+,65-,66-,74-,75-,76-/m0/s1. The van der Waals surface area contributed by atoms with Gasteiger partial charge < -0.3 is 138 Å². The van der Waals surface area contributed by atoms with Crippen LogP contribution in [0.15, 0.2) is 97.6 Å². The summed E-state index contributed by atoms with van der Waals surface area (Å²) in [5.41, 5.74) is 13.6. The number of rotatable bonds is 17. The Morgan fingerprint density at radius 3 is 1.91 bits per heavy atom. The van der Waals surface area contributed by atoms with Gasteiger partial charge in [-0.3, -0.25) is 38.5 Å². The van der Waals surface area contributed by atoms with Crippen LogP contribution in [0.4, 0.5) is 0 Å². The van der Waals surface area contributed by atoms with Crippen molar-refractivity contribution >= 4 is 58.9 Å². The van der Waals surface area contributed by atoms with Gasteiger partial charge in [0.25, 0.3) is 0 Å². The number of aromatic hydroxyl groups is 3. The van der Waals surface area contributed by atoms with Crippen LogP contribution in [0.2, 0.25) is 5.02 Å². The van der Waals surface area contributed by atoms with Crippen LogP contribution in [0.25, 0.3) is 11.1 Å². The van der Waals surface area contributed by atoms with E-state index in [-0.39, 0.29) is 64.9 Å². The molecule has 8 aliphatic rings. The maximum Gasteiger partial charge on any atom is 0.330 e. The number of nitrogens with zero attached hydrogens (tertiary/aromatic N) is 1. The highest BCUT2D eigenvalue weighted by molar-refractivity contribution is 6.32. The number of hydrogen-bond donors (Lipinski definition) is 19. The number of hydrogen-bond acceptors (Lipinski definition) is 28. The van der Waals surface area contributed by atoms with E-state index >= 15 is 24.0 Å². The molecule has 0 saturated carbocycles. The molecule has 36 nitrogen and oxygen atoms in total. The molecular weight excluding hydrogens is 1500 g/mol. The zero-order valence-electron chi connectivity index (χ0n) is 62.3. The van der Waals surface area contributed by atoms with Gasteiger partial charge in [0, 0.05) is 53.2 Å². The highest BCUT2D eigenvalue weighted by Gasteiger charge is 2.52. The van der Waals surface area contributed by atoms with E-state index in [0.717, 1.165) is 48.5 Å². The number of aliphatic carboxylic acids is 1. The molecule has 0 aromatic heterocycles. The van der Waals surface area contributed by atoms with Crippen LogP contribution < -0.4 is 63.3 Å². The third-order valence-corrected chi connectivity index (χ3v) is 20.9. The Morgan fingerprint density at radius 1 is 0.708 bits per heavy atom. The van der Waals surface area contributed by atoms with E-state index in [1.165, 1.54) is 70.2 Å². The molecule has 22 N–H and O–H groups in total. The summed E-state index contributed by atoms with van der Waals surface area (Å²) in [6, 6.07) is 1.47. The maximum absolute atomic E-state index is 16.4. The number of carbonyl (C=O) groups excluding carboxylic acids is 7. The zero-order chi connectivity index (χ0) is 82.3. The van der Waals surface area contributed by atoms with Gasteiger partial charge in [0.2, 0.25) is 53.4 Å². The second kappa shape index (κ2) is 34.1. The fourth-order valence-corrected chi connectivity index (χ4v) is 14.9. The topological polar surface area (TPSA) is 566 Å². The third-order valence-electron chi connectivity index (χ3n) is 20.6. The normalized spacial score (nSPS) is 31.7. The minimum Gasteiger partial charge on any atom is -0.508 e. The molecule has 610 valence electrons. The van der Waals surface area contributed by atoms with Gasteiger partial charge in [-0.25, -0.2) is 4.79 Å². The van der Waals surface area contributed by atoms with Crippen LogP contribution in [-0.4, -0.2) is 226 Å². The van der Waals surface area contributed by atoms with Crippen LogP contribution in [-0.2, 0) is 62.0 Å². The highest BCUT2D eigenvalue weighted by Crippen LogP contribution is 2.50. The number of phenols is 3. The van der Waals surface area contributed by atoms with Gasteiger partial charge in [0.1, 0.15) is 89.5 Å². The molecular formula is C76H93ClN10O26. The minimum atomic E-state index is -2.35. The van der Waals surface area contributed by atoms with Crippen LogP contribution >= 0.6 is 11.6 Å². The Balaban J connectivity index is 1.18. The Hall–Kier alpha value is -9.87. The van der Waals surface area contributed by atoms with Crippen molar-refractivity contribution in [1.29, 1.82) is 0 Å². The van der Waals surface area contributed by atoms with Crippen LogP contribution in [0.1, 0.15) is 125 Å². The fraction of sp³-hybridized carbons (Fsp3) is 0.474. The number of aliphatic hydroxyl groups is 6. The predicted molar refractivity (Wildman–Crippen MR) is 394 cm³/mol. The van der Waals surface area contributed by atoms with Crippen molar-refractivity contribution in [2.45, 2.75) is 201 Å². The number of benzene rings is 5. The molecule has 0 aliphatic carbocycles. The van der Waals surface area contributed by atoms with Gasteiger partial charge in [0.05, 0.1) is 48.5 Å². The number of fused-ring (bicyclic) bond motifs is 15. The van der Waals surface area contributed by atoms with E-state index in [1.807, 2.05) is 13.8 Å². The summed E-state index contributed by atoms with van der Waals surface area (Å²) in [6.45, 7) is 12.6. The summed E-state index contributed by atoms with van der Waals surface area (Å²) in [5.74, 6) is -15.5. The molecule has 8 heterocycles. The largest absolute Gasteiger partial charge is 0.508 e. The van der Waals surface area contributed by atoms with Crippen LogP contribution in [0, 0.1) is 5.92 Å². The van der Waals surface area contributed by atoms with Crippen molar-refractivity contribution in [3.05, 3.63) is 130 Å². The predicted octanol–water partition coefficient (Wildman–Crippen LogP) is 0.589. The van der Waals surface area contributed by atoms with E-state index in [4.69, 9.17) is 66.7 Å². The number of phenolic OH excluding ortho intramolecular Hbond substituents is 3. The second-order valence-electron chi connectivity index (χ2n) is 30.0. The lowest BCUT2D eigenvalue weighted by Crippen LogP contribution is -2.64. The van der Waals surface area contributed by atoms with Gasteiger partial charge in [-0.1, -0.05) is 55.8 Å². The third kappa shape index (κ3) is 18.2. The molecule has 11 bridgehead atoms. The second-order valence-corrected chi connectivity index (χ2v) is 30.4. The SMILES string of the molecule is C=CCN(C)C(CC(C)C)C(=O)NC1C(=O)NC(CC(N)=O)C(=O)NC2C(=O)NC3C(=O)NC(C(=O)NC(C(=O)O)c4cc(O)cc(O)c4-c4cc3ccc4O)C(O[C@H]3C[C@](C)(N)[C@@H](O)[C@H](C)O3)c3ccc(cc3)Oc3cc2cc(c3O[C@@H]2O[C@H](CO)[C@@H](O)[C@H](O)[C@H]2O[C@H]2C[C@](C)(N)[C@@H](O)[C@H](C)O2)Oc2ccc(cc2Cl)C1O. The number of amides is 7. The molecule has 37 heteroatoms. The number of primary amides is 1. The number of halogens is 1. The Kier molecular flexibility index (Phi) is 25.3. The first kappa shape index (κ1) is 84.0. The molecule has 5 aromatic carbocycles. The van der Waals surface area contributed by atoms with Crippen molar-refractivity contribution in [2.24, 2.45) is 23.1 Å². The number of carboxylic acid groups (broad SMARTS) is 1. The first-order chi connectivity index (χ1) is 53.3. The van der Waals surface area contributed by atoms with Gasteiger partial charge in [-0.2, -0.15) is 0 Å². The first-order valence-corrected chi connectivity index (χ1v) is 36.6. The van der Waals surface area contributed by atoms with E-state index in [1.54, 1.807) is 11.9 Å². The molecule has 113 heavy (non-hydrogen) atoms. The average Bonchev–Trinajstić information content (AvgIpc) is 0.763. The summed E-state index contributed by atoms with van der Waals surface area (Å²) < 4.78 is 51.8. The Morgan fingerprint density at radius 2 is 1.31 bits per heavy atom. The van der Waals surface area contributed by atoms with Crippen LogP contribution in [0.5, 0.6) is 46.0 Å². The smallest absolute Gasteiger partial charge is 0.330 e. The Bertz CT molecular complexity index is 4460. The molecule has 0 spiro atoms. The van der Waals surface area contributed by atoms with E-state index < -0.39 is 250 Å². The van der Waals surface area contributed by atoms with Gasteiger partial charge in [-0.05, 0) is 124 Å². The molecule has 0 radical (unpaired) electrons. The molecule has 8 aliphatic heterocycles. The summed E-state index contributed by atoms with van der Waals surface area (Å²) >= 11 is 7.18. The molecule has 9 unspecified atom stereocenters. The summed E-state index contributed by atoms with van der Waals surface area (Å²) in [5, 5.41) is 130. The molecule has 3 saturated heterocycles. The van der Waals surface area contributed by atoms with Crippen molar-refractivity contribution in [3.63, 3.8) is 0 Å². The minimum absolute atomic E-state index is 0.0437. The lowest BCUT2D eigenvalue weighted by Gasteiger charge is -2.47. The van der Waals surface area contributed by atoms with Gasteiger partial charge in [-0.15, -0.1) is 6.58 Å². The molecule has 7 amide bonds. The van der Waals surface area contributed by atoms with Crippen molar-refractivity contribution < 1.29 is 127 Å².